The van der Waals surface area contributed by atoms with Gasteiger partial charge in [-0.25, -0.2) is 16.8 Å². The Hall–Kier alpha value is -3.24. The maximum atomic E-state index is 12.5. The summed E-state index contributed by atoms with van der Waals surface area (Å²) in [5.41, 5.74) is 12.4. The number of nitrogen functional groups attached to an aromatic ring is 2. The van der Waals surface area contributed by atoms with E-state index in [1.54, 1.807) is 0 Å². The molecule has 0 unspecified atom stereocenters. The van der Waals surface area contributed by atoms with E-state index in [0.29, 0.717) is 11.4 Å². The van der Waals surface area contributed by atoms with Crippen LogP contribution < -0.4 is 20.9 Å². The van der Waals surface area contributed by atoms with Crippen LogP contribution in [0.3, 0.4) is 0 Å². The van der Waals surface area contributed by atoms with Crippen LogP contribution in [-0.4, -0.2) is 16.8 Å². The van der Waals surface area contributed by atoms with E-state index in [-0.39, 0.29) is 21.2 Å². The van der Waals surface area contributed by atoms with Crippen molar-refractivity contribution < 1.29 is 16.8 Å². The maximum Gasteiger partial charge on any atom is 0.261 e. The SMILES string of the molecule is Nc1ccc(S(=O)(=O)Nc2cccc(NS(=O)(=O)c3ccc(N)cc3)c2)cc1. The van der Waals surface area contributed by atoms with E-state index in [0.717, 1.165) is 0 Å². The van der Waals surface area contributed by atoms with Gasteiger partial charge >= 0.3 is 0 Å². The summed E-state index contributed by atoms with van der Waals surface area (Å²) in [6.07, 6.45) is 0. The summed E-state index contributed by atoms with van der Waals surface area (Å²) in [6.45, 7) is 0. The van der Waals surface area contributed by atoms with Gasteiger partial charge in [0.15, 0.2) is 0 Å². The molecule has 0 spiro atoms. The molecule has 0 bridgehead atoms. The van der Waals surface area contributed by atoms with E-state index >= 15 is 0 Å². The van der Waals surface area contributed by atoms with E-state index in [4.69, 9.17) is 11.5 Å². The normalized spacial score (nSPS) is 11.7. The van der Waals surface area contributed by atoms with Crippen LogP contribution in [0.2, 0.25) is 0 Å². The minimum Gasteiger partial charge on any atom is -0.399 e. The van der Waals surface area contributed by atoms with Gasteiger partial charge < -0.3 is 11.5 Å². The van der Waals surface area contributed by atoms with Crippen molar-refractivity contribution in [2.24, 2.45) is 0 Å². The first kappa shape index (κ1) is 19.5. The number of nitrogens with two attached hydrogens (primary N) is 2. The predicted octanol–water partition coefficient (Wildman–Crippen LogP) is 2.45. The number of anilines is 4. The number of nitrogens with one attached hydrogen (secondary N) is 2. The third kappa shape index (κ3) is 4.53. The summed E-state index contributed by atoms with van der Waals surface area (Å²) < 4.78 is 54.7. The first-order valence-corrected chi connectivity index (χ1v) is 11.0. The number of hydrogen-bond donors (Lipinski definition) is 4. The van der Waals surface area contributed by atoms with Gasteiger partial charge in [-0.15, -0.1) is 0 Å². The van der Waals surface area contributed by atoms with Crippen LogP contribution in [0.4, 0.5) is 22.7 Å². The molecule has 0 aliphatic heterocycles. The summed E-state index contributed by atoms with van der Waals surface area (Å²) in [4.78, 5) is 0.0733. The molecule has 0 heterocycles. The zero-order valence-corrected chi connectivity index (χ0v) is 16.2. The number of sulfonamides is 2. The monoisotopic (exact) mass is 418 g/mol. The average molecular weight is 419 g/mol. The Morgan fingerprint density at radius 3 is 1.29 bits per heavy atom. The van der Waals surface area contributed by atoms with Crippen LogP contribution in [0.5, 0.6) is 0 Å². The summed E-state index contributed by atoms with van der Waals surface area (Å²) >= 11 is 0. The Morgan fingerprint density at radius 1 is 0.571 bits per heavy atom. The van der Waals surface area contributed by atoms with Gasteiger partial charge in [0.25, 0.3) is 20.0 Å². The highest BCUT2D eigenvalue weighted by molar-refractivity contribution is 7.93. The lowest BCUT2D eigenvalue weighted by atomic mass is 10.3. The smallest absolute Gasteiger partial charge is 0.261 e. The second kappa shape index (κ2) is 7.41. The third-order valence-electron chi connectivity index (χ3n) is 3.75. The second-order valence-electron chi connectivity index (χ2n) is 5.93. The van der Waals surface area contributed by atoms with E-state index in [2.05, 4.69) is 9.44 Å². The molecule has 10 heteroatoms. The lowest BCUT2D eigenvalue weighted by Gasteiger charge is -2.12. The molecule has 0 saturated carbocycles. The molecule has 0 amide bonds. The van der Waals surface area contributed by atoms with Gasteiger partial charge in [-0.2, -0.15) is 0 Å². The van der Waals surface area contributed by atoms with Crippen LogP contribution in [-0.2, 0) is 20.0 Å². The Morgan fingerprint density at radius 2 is 0.929 bits per heavy atom. The molecule has 0 aromatic heterocycles. The molecule has 0 atom stereocenters. The lowest BCUT2D eigenvalue weighted by molar-refractivity contribution is 0.599. The molecule has 146 valence electrons. The number of benzene rings is 3. The molecule has 0 aliphatic carbocycles. The summed E-state index contributed by atoms with van der Waals surface area (Å²) in [6, 6.07) is 17.4. The van der Waals surface area contributed by atoms with Crippen LogP contribution in [0.15, 0.2) is 82.6 Å². The Labute approximate surface area is 163 Å². The molecular formula is C18H18N4O4S2. The van der Waals surface area contributed by atoms with E-state index in [1.165, 1.54) is 72.8 Å². The molecule has 3 rings (SSSR count). The molecule has 8 nitrogen and oxygen atoms in total. The van der Waals surface area contributed by atoms with Crippen molar-refractivity contribution in [1.82, 2.24) is 0 Å². The highest BCUT2D eigenvalue weighted by atomic mass is 32.2. The van der Waals surface area contributed by atoms with Crippen LogP contribution in [0, 0.1) is 0 Å². The molecule has 0 radical (unpaired) electrons. The zero-order chi connectivity index (χ0) is 20.4. The second-order valence-corrected chi connectivity index (χ2v) is 9.29. The fourth-order valence-corrected chi connectivity index (χ4v) is 4.47. The van der Waals surface area contributed by atoms with Crippen molar-refractivity contribution >= 4 is 42.8 Å². The van der Waals surface area contributed by atoms with Gasteiger partial charge in [0.1, 0.15) is 0 Å². The van der Waals surface area contributed by atoms with E-state index in [1.807, 2.05) is 0 Å². The maximum absolute atomic E-state index is 12.5. The molecule has 3 aromatic carbocycles. The molecule has 0 aliphatic rings. The first-order valence-electron chi connectivity index (χ1n) is 8.02. The molecule has 6 N–H and O–H groups in total. The molecule has 28 heavy (non-hydrogen) atoms. The Balaban J connectivity index is 1.82. The summed E-state index contributed by atoms with van der Waals surface area (Å²) in [7, 11) is -7.69. The van der Waals surface area contributed by atoms with Gasteiger partial charge in [0.2, 0.25) is 0 Å². The summed E-state index contributed by atoms with van der Waals surface area (Å²) in [5, 5.41) is 0. The lowest BCUT2D eigenvalue weighted by Crippen LogP contribution is -2.15. The standard InChI is InChI=1S/C18H18N4O4S2/c19-13-4-8-17(9-5-13)27(23,24)21-15-2-1-3-16(12-15)22-28(25,26)18-10-6-14(20)7-11-18/h1-12,21-22H,19-20H2. The van der Waals surface area contributed by atoms with Crippen LogP contribution >= 0.6 is 0 Å². The van der Waals surface area contributed by atoms with Crippen LogP contribution in [0.1, 0.15) is 0 Å². The van der Waals surface area contributed by atoms with E-state index < -0.39 is 20.0 Å². The molecule has 3 aromatic rings. The number of hydrogen-bond acceptors (Lipinski definition) is 6. The fraction of sp³-hybridized carbons (Fsp3) is 0. The molecule has 0 saturated heterocycles. The average Bonchev–Trinajstić information content (AvgIpc) is 2.62. The van der Waals surface area contributed by atoms with Crippen molar-refractivity contribution in [3.05, 3.63) is 72.8 Å². The van der Waals surface area contributed by atoms with Crippen molar-refractivity contribution in [1.29, 1.82) is 0 Å². The Kier molecular flexibility index (Phi) is 5.16. The van der Waals surface area contributed by atoms with Gasteiger partial charge in [0.05, 0.1) is 21.2 Å². The topological polar surface area (TPSA) is 144 Å². The zero-order valence-electron chi connectivity index (χ0n) is 14.5. The van der Waals surface area contributed by atoms with Gasteiger partial charge in [-0.05, 0) is 66.7 Å². The van der Waals surface area contributed by atoms with Gasteiger partial charge in [0, 0.05) is 11.4 Å². The predicted molar refractivity (Wildman–Crippen MR) is 110 cm³/mol. The Bertz CT molecular complexity index is 1100. The highest BCUT2D eigenvalue weighted by Crippen LogP contribution is 2.22. The molecule has 0 fully saturated rings. The minimum absolute atomic E-state index is 0.0366. The first-order chi connectivity index (χ1) is 13.2. The fourth-order valence-electron chi connectivity index (χ4n) is 2.37. The van der Waals surface area contributed by atoms with Crippen LogP contribution in [0.25, 0.3) is 0 Å². The van der Waals surface area contributed by atoms with Crippen molar-refractivity contribution in [2.45, 2.75) is 9.79 Å². The largest absolute Gasteiger partial charge is 0.399 e. The van der Waals surface area contributed by atoms with Crippen molar-refractivity contribution in [3.8, 4) is 0 Å². The van der Waals surface area contributed by atoms with Crippen molar-refractivity contribution in [2.75, 3.05) is 20.9 Å². The van der Waals surface area contributed by atoms with Gasteiger partial charge in [-0.1, -0.05) is 6.07 Å². The minimum atomic E-state index is -3.84. The number of rotatable bonds is 6. The summed E-state index contributed by atoms with van der Waals surface area (Å²) in [5.74, 6) is 0. The third-order valence-corrected chi connectivity index (χ3v) is 6.54. The van der Waals surface area contributed by atoms with Gasteiger partial charge in [-0.3, -0.25) is 9.44 Å². The quantitative estimate of drug-likeness (QED) is 0.453. The van der Waals surface area contributed by atoms with E-state index in [9.17, 15) is 16.8 Å². The molecular weight excluding hydrogens is 400 g/mol. The van der Waals surface area contributed by atoms with Crippen molar-refractivity contribution in [3.63, 3.8) is 0 Å². The highest BCUT2D eigenvalue weighted by Gasteiger charge is 2.16.